The highest BCUT2D eigenvalue weighted by Gasteiger charge is 2.18. The van der Waals surface area contributed by atoms with Crippen LogP contribution in [0.15, 0.2) is 59.5 Å². The molecule has 0 N–H and O–H groups in total. The molecule has 0 aliphatic carbocycles. The van der Waals surface area contributed by atoms with Crippen LogP contribution in [-0.2, 0) is 16.4 Å². The van der Waals surface area contributed by atoms with E-state index in [2.05, 4.69) is 4.98 Å². The fourth-order valence-electron chi connectivity index (χ4n) is 3.22. The van der Waals surface area contributed by atoms with Crippen molar-refractivity contribution in [2.24, 2.45) is 0 Å². The van der Waals surface area contributed by atoms with Crippen molar-refractivity contribution in [3.63, 3.8) is 0 Å². The maximum Gasteiger partial charge on any atom is 0.175 e. The van der Waals surface area contributed by atoms with Gasteiger partial charge < -0.3 is 4.57 Å². The van der Waals surface area contributed by atoms with Gasteiger partial charge in [-0.3, -0.25) is 0 Å². The van der Waals surface area contributed by atoms with Crippen LogP contribution in [0.4, 0.5) is 17.6 Å². The molecule has 4 nitrogen and oxygen atoms in total. The molecule has 1 aromatic heterocycles. The van der Waals surface area contributed by atoms with Crippen molar-refractivity contribution in [1.29, 1.82) is 0 Å². The van der Waals surface area contributed by atoms with Crippen LogP contribution in [0, 0.1) is 23.3 Å². The zero-order chi connectivity index (χ0) is 21.6. The van der Waals surface area contributed by atoms with Crippen molar-refractivity contribution in [1.82, 2.24) is 9.55 Å². The fraction of sp³-hybridized carbons (Fsp3) is 0.0952. The van der Waals surface area contributed by atoms with E-state index in [1.807, 2.05) is 0 Å². The van der Waals surface area contributed by atoms with Gasteiger partial charge in [0.05, 0.1) is 15.9 Å². The minimum Gasteiger partial charge on any atom is -0.319 e. The van der Waals surface area contributed by atoms with Gasteiger partial charge >= 0.3 is 0 Å². The first kappa shape index (κ1) is 20.1. The summed E-state index contributed by atoms with van der Waals surface area (Å²) in [6.45, 7) is 0.0133. The topological polar surface area (TPSA) is 52.0 Å². The number of imidazole rings is 1. The van der Waals surface area contributed by atoms with Crippen LogP contribution in [0.1, 0.15) is 5.56 Å². The minimum absolute atomic E-state index is 0.0133. The molecule has 0 radical (unpaired) electrons. The summed E-state index contributed by atoms with van der Waals surface area (Å²) in [6.07, 6.45) is 1.05. The van der Waals surface area contributed by atoms with Gasteiger partial charge in [-0.1, -0.05) is 6.07 Å². The number of hydrogen-bond donors (Lipinski definition) is 0. The number of fused-ring (bicyclic) bond motifs is 1. The maximum atomic E-state index is 13.8. The van der Waals surface area contributed by atoms with Gasteiger partial charge in [0, 0.05) is 24.4 Å². The molecule has 1 heterocycles. The molecule has 0 aliphatic rings. The van der Waals surface area contributed by atoms with Crippen molar-refractivity contribution in [2.45, 2.75) is 11.4 Å². The van der Waals surface area contributed by atoms with E-state index in [1.165, 1.54) is 24.3 Å². The fourth-order valence-corrected chi connectivity index (χ4v) is 3.87. The summed E-state index contributed by atoms with van der Waals surface area (Å²) in [5.41, 5.74) is 1.25. The molecule has 0 bridgehead atoms. The Balaban J connectivity index is 1.95. The lowest BCUT2D eigenvalue weighted by Crippen LogP contribution is -2.04. The smallest absolute Gasteiger partial charge is 0.175 e. The van der Waals surface area contributed by atoms with Crippen LogP contribution in [0.3, 0.4) is 0 Å². The highest BCUT2D eigenvalue weighted by molar-refractivity contribution is 7.90. The lowest BCUT2D eigenvalue weighted by molar-refractivity contribution is 0.506. The Kier molecular flexibility index (Phi) is 4.85. The van der Waals surface area contributed by atoms with Crippen molar-refractivity contribution >= 4 is 20.9 Å². The Labute approximate surface area is 169 Å². The molecule has 0 saturated carbocycles. The molecule has 30 heavy (non-hydrogen) atoms. The van der Waals surface area contributed by atoms with E-state index < -0.39 is 33.1 Å². The molecule has 0 aliphatic heterocycles. The first-order chi connectivity index (χ1) is 14.1. The van der Waals surface area contributed by atoms with Crippen LogP contribution in [0.5, 0.6) is 0 Å². The van der Waals surface area contributed by atoms with E-state index in [-0.39, 0.29) is 28.3 Å². The van der Waals surface area contributed by atoms with E-state index in [9.17, 15) is 26.0 Å². The molecule has 0 spiro atoms. The summed E-state index contributed by atoms with van der Waals surface area (Å²) in [5, 5.41) is 0. The van der Waals surface area contributed by atoms with Crippen LogP contribution in [0.2, 0.25) is 0 Å². The Morgan fingerprint density at radius 3 is 2.20 bits per heavy atom. The molecular weight excluding hydrogens is 420 g/mol. The molecule has 154 valence electrons. The third-order valence-corrected chi connectivity index (χ3v) is 5.70. The van der Waals surface area contributed by atoms with E-state index in [0.29, 0.717) is 17.1 Å². The number of rotatable bonds is 4. The molecule has 0 unspecified atom stereocenters. The standard InChI is InChI=1S/C21H14F4N2O2S/c1-30(28,29)16-3-5-20-19(10-16)26-21(13-7-14(22)9-15(23)8-13)27(20)11-12-2-4-17(24)18(25)6-12/h2-10H,11H2,1H3. The number of sulfone groups is 1. The van der Waals surface area contributed by atoms with Crippen molar-refractivity contribution < 1.29 is 26.0 Å². The predicted octanol–water partition coefficient (Wildman–Crippen LogP) is 4.71. The van der Waals surface area contributed by atoms with Gasteiger partial charge in [0.2, 0.25) is 0 Å². The lowest BCUT2D eigenvalue weighted by Gasteiger charge is -2.11. The lowest BCUT2D eigenvalue weighted by atomic mass is 10.1. The number of aromatic nitrogens is 2. The van der Waals surface area contributed by atoms with Gasteiger partial charge in [0.15, 0.2) is 21.5 Å². The van der Waals surface area contributed by atoms with Crippen molar-refractivity contribution in [2.75, 3.05) is 6.26 Å². The van der Waals surface area contributed by atoms with Gasteiger partial charge in [-0.15, -0.1) is 0 Å². The molecule has 4 aromatic rings. The number of benzene rings is 3. The Morgan fingerprint density at radius 1 is 0.867 bits per heavy atom. The second-order valence-corrected chi connectivity index (χ2v) is 8.87. The first-order valence-corrected chi connectivity index (χ1v) is 10.6. The monoisotopic (exact) mass is 434 g/mol. The van der Waals surface area contributed by atoms with Gasteiger partial charge in [0.25, 0.3) is 0 Å². The molecule has 0 atom stereocenters. The van der Waals surface area contributed by atoms with Gasteiger partial charge in [-0.05, 0) is 48.0 Å². The quantitative estimate of drug-likeness (QED) is 0.437. The summed E-state index contributed by atoms with van der Waals surface area (Å²) in [7, 11) is -3.51. The number of nitrogens with zero attached hydrogens (tertiary/aromatic N) is 2. The SMILES string of the molecule is CS(=O)(=O)c1ccc2c(c1)nc(-c1cc(F)cc(F)c1)n2Cc1ccc(F)c(F)c1. The van der Waals surface area contributed by atoms with Crippen LogP contribution >= 0.6 is 0 Å². The summed E-state index contributed by atoms with van der Waals surface area (Å²) in [6, 6.07) is 10.5. The van der Waals surface area contributed by atoms with Crippen LogP contribution < -0.4 is 0 Å². The molecule has 0 saturated heterocycles. The molecular formula is C21H14F4N2O2S. The third-order valence-electron chi connectivity index (χ3n) is 4.59. The van der Waals surface area contributed by atoms with E-state index >= 15 is 0 Å². The molecule has 0 fully saturated rings. The summed E-state index contributed by atoms with van der Waals surface area (Å²) >= 11 is 0. The van der Waals surface area contributed by atoms with E-state index in [0.717, 1.165) is 30.5 Å². The van der Waals surface area contributed by atoms with Gasteiger partial charge in [-0.2, -0.15) is 0 Å². The van der Waals surface area contributed by atoms with Crippen molar-refractivity contribution in [3.05, 3.63) is 83.4 Å². The summed E-state index contributed by atoms with van der Waals surface area (Å²) in [4.78, 5) is 4.40. The Bertz CT molecular complexity index is 1380. The largest absolute Gasteiger partial charge is 0.319 e. The first-order valence-electron chi connectivity index (χ1n) is 8.72. The van der Waals surface area contributed by atoms with E-state index in [1.54, 1.807) is 4.57 Å². The highest BCUT2D eigenvalue weighted by atomic mass is 32.2. The number of hydrogen-bond acceptors (Lipinski definition) is 3. The molecule has 4 rings (SSSR count). The average molecular weight is 434 g/mol. The normalized spacial score (nSPS) is 11.9. The predicted molar refractivity (Wildman–Crippen MR) is 104 cm³/mol. The van der Waals surface area contributed by atoms with Crippen molar-refractivity contribution in [3.8, 4) is 11.4 Å². The third kappa shape index (κ3) is 3.80. The number of halogens is 4. The zero-order valence-corrected chi connectivity index (χ0v) is 16.4. The molecule has 0 amide bonds. The second kappa shape index (κ2) is 7.24. The molecule has 3 aromatic carbocycles. The van der Waals surface area contributed by atoms with E-state index in [4.69, 9.17) is 0 Å². The average Bonchev–Trinajstić information content (AvgIpc) is 3.01. The van der Waals surface area contributed by atoms with Gasteiger partial charge in [0.1, 0.15) is 17.5 Å². The van der Waals surface area contributed by atoms with Gasteiger partial charge in [-0.25, -0.2) is 31.0 Å². The molecule has 9 heteroatoms. The van der Waals surface area contributed by atoms with Crippen LogP contribution in [-0.4, -0.2) is 24.2 Å². The summed E-state index contributed by atoms with van der Waals surface area (Å²) in [5.74, 6) is -3.51. The maximum absolute atomic E-state index is 13.8. The van der Waals surface area contributed by atoms with Crippen LogP contribution in [0.25, 0.3) is 22.4 Å². The minimum atomic E-state index is -3.51. The Morgan fingerprint density at radius 2 is 1.57 bits per heavy atom. The second-order valence-electron chi connectivity index (χ2n) is 6.85. The summed E-state index contributed by atoms with van der Waals surface area (Å²) < 4.78 is 79.9. The highest BCUT2D eigenvalue weighted by Crippen LogP contribution is 2.29. The Hall–Kier alpha value is -3.20. The zero-order valence-electron chi connectivity index (χ0n) is 15.5.